The second-order valence-corrected chi connectivity index (χ2v) is 6.86. The number of azo groups is 1. The Hall–Kier alpha value is -2.14. The van der Waals surface area contributed by atoms with Crippen LogP contribution in [0.3, 0.4) is 0 Å². The highest BCUT2D eigenvalue weighted by Gasteiger charge is 2.01. The Balaban J connectivity index is 2.18. The lowest BCUT2D eigenvalue weighted by molar-refractivity contribution is 0.461. The molecule has 2 aromatic carbocycles. The van der Waals surface area contributed by atoms with Crippen LogP contribution in [-0.2, 0) is 20.2 Å². The van der Waals surface area contributed by atoms with E-state index in [9.17, 15) is 25.9 Å². The van der Waals surface area contributed by atoms with Crippen molar-refractivity contribution in [3.05, 3.63) is 48.5 Å². The molecule has 0 aliphatic carbocycles. The molecular weight excluding hydrogens is 332 g/mol. The van der Waals surface area contributed by atoms with E-state index in [1.165, 1.54) is 24.3 Å². The molecule has 0 fully saturated rings. The summed E-state index contributed by atoms with van der Waals surface area (Å²) in [6.07, 6.45) is 0. The molecule has 0 saturated heterocycles. The summed E-state index contributed by atoms with van der Waals surface area (Å²) in [5.41, 5.74) is 0.598. The summed E-state index contributed by atoms with van der Waals surface area (Å²) in [5, 5.41) is 7.58. The first-order valence-corrected chi connectivity index (χ1v) is 8.51. The SMILES string of the molecule is O=S(=O)([O-])c1ccc(N=Nc2ccc(S(=O)(=O)[O-])cc2)cc1. The maximum absolute atomic E-state index is 10.8. The van der Waals surface area contributed by atoms with Crippen LogP contribution in [0, 0.1) is 0 Å². The van der Waals surface area contributed by atoms with Gasteiger partial charge in [0.25, 0.3) is 0 Å². The van der Waals surface area contributed by atoms with Gasteiger partial charge in [-0.25, -0.2) is 16.8 Å². The standard InChI is InChI=1S/C12H10N2O6S2/c15-21(16,17)11-5-1-9(2-6-11)13-14-10-3-7-12(8-4-10)22(18,19)20/h1-8H,(H,15,16,17)(H,18,19,20)/p-2. The molecule has 0 spiro atoms. The second-order valence-electron chi connectivity index (χ2n) is 4.10. The van der Waals surface area contributed by atoms with Crippen molar-refractivity contribution in [2.45, 2.75) is 9.79 Å². The van der Waals surface area contributed by atoms with Crippen LogP contribution in [0.5, 0.6) is 0 Å². The van der Waals surface area contributed by atoms with E-state index < -0.39 is 20.2 Å². The van der Waals surface area contributed by atoms with Gasteiger partial charge in [0, 0.05) is 0 Å². The molecule has 0 aliphatic rings. The Morgan fingerprint density at radius 3 is 1.09 bits per heavy atom. The maximum atomic E-state index is 10.8. The zero-order chi connectivity index (χ0) is 16.4. The van der Waals surface area contributed by atoms with Gasteiger partial charge in [0.2, 0.25) is 0 Å². The highest BCUT2D eigenvalue weighted by molar-refractivity contribution is 7.86. The normalized spacial score (nSPS) is 12.6. The first kappa shape index (κ1) is 16.2. The van der Waals surface area contributed by atoms with E-state index in [0.717, 1.165) is 24.3 Å². The van der Waals surface area contributed by atoms with Gasteiger partial charge in [-0.3, -0.25) is 0 Å². The molecule has 10 heteroatoms. The Labute approximate surface area is 126 Å². The van der Waals surface area contributed by atoms with E-state index in [1.807, 2.05) is 0 Å². The lowest BCUT2D eigenvalue weighted by atomic mass is 10.3. The first-order valence-electron chi connectivity index (χ1n) is 5.70. The average molecular weight is 340 g/mol. The van der Waals surface area contributed by atoms with Gasteiger partial charge in [0.1, 0.15) is 20.2 Å². The molecule has 0 aromatic heterocycles. The van der Waals surface area contributed by atoms with Crippen LogP contribution in [-0.4, -0.2) is 25.9 Å². The van der Waals surface area contributed by atoms with Crippen LogP contribution in [0.15, 0.2) is 68.6 Å². The van der Waals surface area contributed by atoms with Crippen molar-refractivity contribution >= 4 is 31.6 Å². The van der Waals surface area contributed by atoms with E-state index in [0.29, 0.717) is 11.4 Å². The van der Waals surface area contributed by atoms with Crippen molar-refractivity contribution in [1.82, 2.24) is 0 Å². The predicted octanol–water partition coefficient (Wildman–Crippen LogP) is 1.91. The molecule has 0 heterocycles. The summed E-state index contributed by atoms with van der Waals surface area (Å²) in [6.45, 7) is 0. The Bertz CT molecular complexity index is 824. The van der Waals surface area contributed by atoms with Gasteiger partial charge in [-0.15, -0.1) is 0 Å². The molecule has 0 aliphatic heterocycles. The fraction of sp³-hybridized carbons (Fsp3) is 0. The van der Waals surface area contributed by atoms with Crippen LogP contribution in [0.4, 0.5) is 11.4 Å². The van der Waals surface area contributed by atoms with Crippen molar-refractivity contribution in [3.8, 4) is 0 Å². The monoisotopic (exact) mass is 340 g/mol. The molecule has 116 valence electrons. The third-order valence-electron chi connectivity index (χ3n) is 2.53. The predicted molar refractivity (Wildman–Crippen MR) is 73.0 cm³/mol. The van der Waals surface area contributed by atoms with Crippen LogP contribution in [0.2, 0.25) is 0 Å². The molecule has 0 atom stereocenters. The Morgan fingerprint density at radius 2 is 0.864 bits per heavy atom. The second kappa shape index (κ2) is 5.93. The summed E-state index contributed by atoms with van der Waals surface area (Å²) in [4.78, 5) is -0.757. The molecular formula is C12H8N2O6S2-2. The molecule has 22 heavy (non-hydrogen) atoms. The number of benzene rings is 2. The maximum Gasteiger partial charge on any atom is 0.124 e. The van der Waals surface area contributed by atoms with Gasteiger partial charge in [0.05, 0.1) is 21.2 Å². The van der Waals surface area contributed by atoms with Crippen molar-refractivity contribution in [1.29, 1.82) is 0 Å². The van der Waals surface area contributed by atoms with Crippen LogP contribution >= 0.6 is 0 Å². The number of rotatable bonds is 4. The fourth-order valence-electron chi connectivity index (χ4n) is 1.47. The minimum absolute atomic E-state index is 0.299. The smallest absolute Gasteiger partial charge is 0.124 e. The van der Waals surface area contributed by atoms with Crippen molar-refractivity contribution in [2.75, 3.05) is 0 Å². The molecule has 2 aromatic rings. The zero-order valence-corrected chi connectivity index (χ0v) is 12.4. The van der Waals surface area contributed by atoms with Gasteiger partial charge in [0.15, 0.2) is 0 Å². The fourth-order valence-corrected chi connectivity index (χ4v) is 2.41. The molecule has 0 N–H and O–H groups in total. The van der Waals surface area contributed by atoms with Crippen LogP contribution in [0.1, 0.15) is 0 Å². The molecule has 0 bridgehead atoms. The minimum atomic E-state index is -4.51. The lowest BCUT2D eigenvalue weighted by Gasteiger charge is -2.06. The average Bonchev–Trinajstić information content (AvgIpc) is 2.44. The number of hydrogen-bond acceptors (Lipinski definition) is 8. The van der Waals surface area contributed by atoms with Crippen molar-refractivity contribution in [2.24, 2.45) is 10.2 Å². The molecule has 0 saturated carbocycles. The molecule has 8 nitrogen and oxygen atoms in total. The topological polar surface area (TPSA) is 139 Å². The van der Waals surface area contributed by atoms with E-state index in [-0.39, 0.29) is 9.79 Å². The minimum Gasteiger partial charge on any atom is -0.744 e. The Morgan fingerprint density at radius 1 is 0.591 bits per heavy atom. The van der Waals surface area contributed by atoms with Crippen LogP contribution in [0.25, 0.3) is 0 Å². The molecule has 0 radical (unpaired) electrons. The van der Waals surface area contributed by atoms with Crippen molar-refractivity contribution in [3.63, 3.8) is 0 Å². The van der Waals surface area contributed by atoms with E-state index in [4.69, 9.17) is 0 Å². The van der Waals surface area contributed by atoms with Gasteiger partial charge in [-0.2, -0.15) is 10.2 Å². The van der Waals surface area contributed by atoms with Gasteiger partial charge in [-0.1, -0.05) is 0 Å². The highest BCUT2D eigenvalue weighted by Crippen LogP contribution is 2.21. The van der Waals surface area contributed by atoms with E-state index >= 15 is 0 Å². The molecule has 0 unspecified atom stereocenters. The quantitative estimate of drug-likeness (QED) is 0.615. The van der Waals surface area contributed by atoms with Crippen molar-refractivity contribution < 1.29 is 25.9 Å². The van der Waals surface area contributed by atoms with E-state index in [2.05, 4.69) is 10.2 Å². The third-order valence-corrected chi connectivity index (χ3v) is 4.23. The van der Waals surface area contributed by atoms with E-state index in [1.54, 1.807) is 0 Å². The summed E-state index contributed by atoms with van der Waals surface area (Å²) >= 11 is 0. The third kappa shape index (κ3) is 4.18. The van der Waals surface area contributed by atoms with Crippen LogP contribution < -0.4 is 0 Å². The summed E-state index contributed by atoms with van der Waals surface area (Å²) in [7, 11) is -9.03. The van der Waals surface area contributed by atoms with Gasteiger partial charge < -0.3 is 9.11 Å². The largest absolute Gasteiger partial charge is 0.744 e. The lowest BCUT2D eigenvalue weighted by Crippen LogP contribution is -1.97. The first-order chi connectivity index (χ1) is 10.2. The Kier molecular flexibility index (Phi) is 4.37. The highest BCUT2D eigenvalue weighted by atomic mass is 32.2. The summed E-state index contributed by atoms with van der Waals surface area (Å²) < 4.78 is 64.5. The zero-order valence-electron chi connectivity index (χ0n) is 10.8. The summed E-state index contributed by atoms with van der Waals surface area (Å²) in [5.74, 6) is 0. The molecule has 2 rings (SSSR count). The number of nitrogens with zero attached hydrogens (tertiary/aromatic N) is 2. The van der Waals surface area contributed by atoms with Gasteiger partial charge >= 0.3 is 0 Å². The van der Waals surface area contributed by atoms with Gasteiger partial charge in [-0.05, 0) is 48.5 Å². The number of hydrogen-bond donors (Lipinski definition) is 0. The summed E-state index contributed by atoms with van der Waals surface area (Å²) in [6, 6.07) is 9.59. The molecule has 0 amide bonds.